The van der Waals surface area contributed by atoms with Gasteiger partial charge in [-0.15, -0.1) is 16.8 Å². The second-order valence-electron chi connectivity index (χ2n) is 4.48. The number of rotatable bonds is 4. The molecular formula is C17H15N3. The van der Waals surface area contributed by atoms with Gasteiger partial charge in [0.1, 0.15) is 5.69 Å². The number of nitrogens with zero attached hydrogens (tertiary/aromatic N) is 2. The van der Waals surface area contributed by atoms with E-state index in [1.54, 1.807) is 0 Å². The average Bonchev–Trinajstić information content (AvgIpc) is 2.53. The van der Waals surface area contributed by atoms with E-state index < -0.39 is 0 Å². The Bertz CT molecular complexity index is 736. The van der Waals surface area contributed by atoms with Crippen molar-refractivity contribution in [2.45, 2.75) is 0 Å². The molecule has 0 saturated carbocycles. The van der Waals surface area contributed by atoms with Crippen LogP contribution in [-0.4, -0.2) is 16.7 Å². The highest BCUT2D eigenvalue weighted by atomic mass is 15.2. The summed E-state index contributed by atoms with van der Waals surface area (Å²) in [5, 5.41) is 14.1. The Labute approximate surface area is 118 Å². The molecule has 3 nitrogen and oxygen atoms in total. The van der Waals surface area contributed by atoms with Crippen LogP contribution in [0.15, 0.2) is 67.3 Å². The molecule has 0 amide bonds. The molecule has 3 aromatic rings. The van der Waals surface area contributed by atoms with E-state index >= 15 is 0 Å². The maximum atomic E-state index is 4.38. The van der Waals surface area contributed by atoms with E-state index in [4.69, 9.17) is 0 Å². The Hall–Kier alpha value is -2.68. The minimum atomic E-state index is 0.670. The number of hydrogen-bond donors (Lipinski definition) is 1. The normalized spacial score (nSPS) is 10.4. The lowest BCUT2D eigenvalue weighted by atomic mass is 10.0. The molecule has 0 aliphatic rings. The van der Waals surface area contributed by atoms with Crippen LogP contribution in [0.25, 0.3) is 22.0 Å². The monoisotopic (exact) mass is 261 g/mol. The van der Waals surface area contributed by atoms with Gasteiger partial charge in [0, 0.05) is 22.9 Å². The second kappa shape index (κ2) is 5.53. The van der Waals surface area contributed by atoms with Crippen LogP contribution in [0.1, 0.15) is 0 Å². The zero-order valence-electron chi connectivity index (χ0n) is 11.1. The zero-order chi connectivity index (χ0) is 13.8. The van der Waals surface area contributed by atoms with E-state index in [0.717, 1.165) is 27.8 Å². The van der Waals surface area contributed by atoms with Gasteiger partial charge >= 0.3 is 0 Å². The van der Waals surface area contributed by atoms with Crippen molar-refractivity contribution in [2.24, 2.45) is 0 Å². The fraction of sp³-hybridized carbons (Fsp3) is 0.0588. The van der Waals surface area contributed by atoms with Crippen LogP contribution in [-0.2, 0) is 0 Å². The molecule has 0 aliphatic carbocycles. The smallest absolute Gasteiger partial charge is 0.156 e. The van der Waals surface area contributed by atoms with Crippen LogP contribution >= 0.6 is 0 Å². The van der Waals surface area contributed by atoms with Gasteiger partial charge in [0.15, 0.2) is 5.82 Å². The summed E-state index contributed by atoms with van der Waals surface area (Å²) in [6.07, 6.45) is 1.81. The van der Waals surface area contributed by atoms with E-state index in [1.165, 1.54) is 0 Å². The van der Waals surface area contributed by atoms with Gasteiger partial charge in [-0.25, -0.2) is 0 Å². The molecule has 98 valence electrons. The molecule has 20 heavy (non-hydrogen) atoms. The molecule has 0 unspecified atom stereocenters. The SMILES string of the molecule is C=CCNc1nnc(-c2ccccc2)c2ccccc12. The van der Waals surface area contributed by atoms with Gasteiger partial charge in [0.05, 0.1) is 0 Å². The number of hydrogen-bond acceptors (Lipinski definition) is 3. The first-order valence-electron chi connectivity index (χ1n) is 6.56. The second-order valence-corrected chi connectivity index (χ2v) is 4.48. The third kappa shape index (κ3) is 2.26. The zero-order valence-corrected chi connectivity index (χ0v) is 11.1. The highest BCUT2D eigenvalue weighted by molar-refractivity contribution is 5.99. The average molecular weight is 261 g/mol. The lowest BCUT2D eigenvalue weighted by Gasteiger charge is -2.09. The summed E-state index contributed by atoms with van der Waals surface area (Å²) >= 11 is 0. The Morgan fingerprint density at radius 2 is 1.60 bits per heavy atom. The molecule has 1 aromatic heterocycles. The number of benzene rings is 2. The minimum Gasteiger partial charge on any atom is -0.365 e. The van der Waals surface area contributed by atoms with Crippen molar-refractivity contribution in [2.75, 3.05) is 11.9 Å². The van der Waals surface area contributed by atoms with Gasteiger partial charge in [-0.1, -0.05) is 60.7 Å². The fourth-order valence-electron chi connectivity index (χ4n) is 2.21. The molecule has 2 aromatic carbocycles. The number of nitrogens with one attached hydrogen (secondary N) is 1. The van der Waals surface area contributed by atoms with Crippen molar-refractivity contribution < 1.29 is 0 Å². The lowest BCUT2D eigenvalue weighted by Crippen LogP contribution is -2.03. The predicted octanol–water partition coefficient (Wildman–Crippen LogP) is 3.89. The topological polar surface area (TPSA) is 37.8 Å². The Kier molecular flexibility index (Phi) is 3.42. The quantitative estimate of drug-likeness (QED) is 0.724. The van der Waals surface area contributed by atoms with Gasteiger partial charge in [-0.2, -0.15) is 0 Å². The van der Waals surface area contributed by atoms with E-state index in [1.807, 2.05) is 48.5 Å². The summed E-state index contributed by atoms with van der Waals surface area (Å²) in [4.78, 5) is 0. The van der Waals surface area contributed by atoms with Crippen LogP contribution in [0.4, 0.5) is 5.82 Å². The lowest BCUT2D eigenvalue weighted by molar-refractivity contribution is 1.05. The number of anilines is 1. The molecule has 0 radical (unpaired) electrons. The van der Waals surface area contributed by atoms with Crippen molar-refractivity contribution in [3.05, 3.63) is 67.3 Å². The summed E-state index contributed by atoms with van der Waals surface area (Å²) in [6.45, 7) is 4.38. The van der Waals surface area contributed by atoms with Crippen LogP contribution in [0.3, 0.4) is 0 Å². The van der Waals surface area contributed by atoms with Crippen molar-refractivity contribution in [3.8, 4) is 11.3 Å². The molecule has 0 bridgehead atoms. The first-order valence-corrected chi connectivity index (χ1v) is 6.56. The van der Waals surface area contributed by atoms with Gasteiger partial charge in [-0.05, 0) is 0 Å². The van der Waals surface area contributed by atoms with Gasteiger partial charge in [0.2, 0.25) is 0 Å². The standard InChI is InChI=1S/C17H15N3/c1-2-12-18-17-15-11-7-6-10-14(15)16(19-20-17)13-8-4-3-5-9-13/h2-11H,1,12H2,(H,18,20). The third-order valence-corrected chi connectivity index (χ3v) is 3.15. The van der Waals surface area contributed by atoms with E-state index in [-0.39, 0.29) is 0 Å². The van der Waals surface area contributed by atoms with E-state index in [0.29, 0.717) is 6.54 Å². The summed E-state index contributed by atoms with van der Waals surface area (Å²) in [6, 6.07) is 18.3. The molecule has 0 atom stereocenters. The van der Waals surface area contributed by atoms with Crippen molar-refractivity contribution in [1.82, 2.24) is 10.2 Å². The molecular weight excluding hydrogens is 246 g/mol. The summed E-state index contributed by atoms with van der Waals surface area (Å²) in [5.41, 5.74) is 1.98. The van der Waals surface area contributed by atoms with Crippen molar-refractivity contribution in [1.29, 1.82) is 0 Å². The molecule has 0 spiro atoms. The van der Waals surface area contributed by atoms with Crippen LogP contribution in [0.2, 0.25) is 0 Å². The summed E-state index contributed by atoms with van der Waals surface area (Å²) < 4.78 is 0. The highest BCUT2D eigenvalue weighted by Gasteiger charge is 2.09. The molecule has 3 rings (SSSR count). The Morgan fingerprint density at radius 1 is 0.900 bits per heavy atom. The fourth-order valence-corrected chi connectivity index (χ4v) is 2.21. The number of fused-ring (bicyclic) bond motifs is 1. The maximum absolute atomic E-state index is 4.38. The van der Waals surface area contributed by atoms with Gasteiger partial charge in [-0.3, -0.25) is 0 Å². The molecule has 1 heterocycles. The van der Waals surface area contributed by atoms with Crippen molar-refractivity contribution in [3.63, 3.8) is 0 Å². The van der Waals surface area contributed by atoms with Gasteiger partial charge in [0.25, 0.3) is 0 Å². The van der Waals surface area contributed by atoms with Crippen LogP contribution in [0.5, 0.6) is 0 Å². The molecule has 0 saturated heterocycles. The van der Waals surface area contributed by atoms with Crippen LogP contribution < -0.4 is 5.32 Å². The molecule has 1 N–H and O–H groups in total. The minimum absolute atomic E-state index is 0.670. The Balaban J connectivity index is 2.19. The molecule has 0 fully saturated rings. The largest absolute Gasteiger partial charge is 0.365 e. The summed E-state index contributed by atoms with van der Waals surface area (Å²) in [5.74, 6) is 0.792. The first kappa shape index (κ1) is 12.4. The first-order chi connectivity index (χ1) is 9.90. The van der Waals surface area contributed by atoms with Crippen LogP contribution in [0, 0.1) is 0 Å². The van der Waals surface area contributed by atoms with Crippen molar-refractivity contribution >= 4 is 16.6 Å². The summed E-state index contributed by atoms with van der Waals surface area (Å²) in [7, 11) is 0. The number of aromatic nitrogens is 2. The Morgan fingerprint density at radius 3 is 2.35 bits per heavy atom. The van der Waals surface area contributed by atoms with E-state index in [2.05, 4.69) is 34.2 Å². The molecule has 3 heteroatoms. The van der Waals surface area contributed by atoms with Gasteiger partial charge < -0.3 is 5.32 Å². The maximum Gasteiger partial charge on any atom is 0.156 e. The third-order valence-electron chi connectivity index (χ3n) is 3.15. The highest BCUT2D eigenvalue weighted by Crippen LogP contribution is 2.29. The van der Waals surface area contributed by atoms with E-state index in [9.17, 15) is 0 Å². The predicted molar refractivity (Wildman–Crippen MR) is 83.7 cm³/mol. The molecule has 0 aliphatic heterocycles.